The number of hydrogen-bond donors (Lipinski definition) is 1. The third kappa shape index (κ3) is 8.47. The van der Waals surface area contributed by atoms with E-state index in [4.69, 9.17) is 10.5 Å². The topological polar surface area (TPSA) is 35.2 Å². The van der Waals surface area contributed by atoms with Crippen LogP contribution in [0.2, 0.25) is 0 Å². The lowest BCUT2D eigenvalue weighted by Gasteiger charge is -2.09. The summed E-state index contributed by atoms with van der Waals surface area (Å²) >= 11 is 1.71. The van der Waals surface area contributed by atoms with Gasteiger partial charge in [-0.1, -0.05) is 71.1 Å². The molecule has 0 saturated heterocycles. The second kappa shape index (κ2) is 12.0. The van der Waals surface area contributed by atoms with Crippen LogP contribution in [0.1, 0.15) is 88.5 Å². The van der Waals surface area contributed by atoms with Crippen molar-refractivity contribution in [3.8, 4) is 5.75 Å². The van der Waals surface area contributed by atoms with Crippen LogP contribution in [0.5, 0.6) is 5.75 Å². The van der Waals surface area contributed by atoms with Crippen LogP contribution in [-0.4, -0.2) is 7.11 Å². The van der Waals surface area contributed by atoms with Crippen molar-refractivity contribution in [2.45, 2.75) is 83.6 Å². The van der Waals surface area contributed by atoms with Gasteiger partial charge in [0, 0.05) is 16.3 Å². The van der Waals surface area contributed by atoms with E-state index in [-0.39, 0.29) is 6.04 Å². The lowest BCUT2D eigenvalue weighted by Crippen LogP contribution is -2.08. The first-order chi connectivity index (χ1) is 10.3. The first-order valence-corrected chi connectivity index (χ1v) is 9.54. The van der Waals surface area contributed by atoms with E-state index >= 15 is 0 Å². The Morgan fingerprint density at radius 1 is 1.00 bits per heavy atom. The first kappa shape index (κ1) is 18.5. The van der Waals surface area contributed by atoms with E-state index in [1.54, 1.807) is 18.4 Å². The van der Waals surface area contributed by atoms with Gasteiger partial charge in [0.15, 0.2) is 0 Å². The van der Waals surface area contributed by atoms with Gasteiger partial charge in [0.25, 0.3) is 0 Å². The van der Waals surface area contributed by atoms with Gasteiger partial charge in [-0.05, 0) is 12.5 Å². The highest BCUT2D eigenvalue weighted by Gasteiger charge is 2.09. The molecule has 0 saturated carbocycles. The lowest BCUT2D eigenvalue weighted by atomic mass is 10.0. The molecule has 0 spiro atoms. The summed E-state index contributed by atoms with van der Waals surface area (Å²) in [6, 6.07) is 2.26. The van der Waals surface area contributed by atoms with E-state index in [1.165, 1.54) is 69.1 Å². The molecular weight excluding hydrogens is 278 g/mol. The zero-order valence-electron chi connectivity index (χ0n) is 13.9. The fourth-order valence-electron chi connectivity index (χ4n) is 2.63. The first-order valence-electron chi connectivity index (χ1n) is 8.66. The predicted octanol–water partition coefficient (Wildman–Crippen LogP) is 6.07. The summed E-state index contributed by atoms with van der Waals surface area (Å²) < 4.78 is 5.20. The van der Waals surface area contributed by atoms with Gasteiger partial charge in [0.1, 0.15) is 5.75 Å². The Morgan fingerprint density at radius 2 is 1.57 bits per heavy atom. The Morgan fingerprint density at radius 3 is 2.10 bits per heavy atom. The molecule has 0 aromatic carbocycles. The van der Waals surface area contributed by atoms with Crippen molar-refractivity contribution in [1.82, 2.24) is 0 Å². The molecule has 1 aromatic rings. The Bertz CT molecular complexity index is 351. The summed E-state index contributed by atoms with van der Waals surface area (Å²) in [5.74, 6) is 0.938. The van der Waals surface area contributed by atoms with Gasteiger partial charge < -0.3 is 10.5 Å². The maximum atomic E-state index is 6.23. The van der Waals surface area contributed by atoms with Crippen molar-refractivity contribution in [1.29, 1.82) is 0 Å². The maximum absolute atomic E-state index is 6.23. The maximum Gasteiger partial charge on any atom is 0.129 e. The largest absolute Gasteiger partial charge is 0.496 e. The summed E-state index contributed by atoms with van der Waals surface area (Å²) in [6.07, 6.45) is 14.9. The third-order valence-electron chi connectivity index (χ3n) is 4.07. The molecular formula is C18H33NOS. The molecule has 1 aromatic heterocycles. The minimum Gasteiger partial charge on any atom is -0.496 e. The van der Waals surface area contributed by atoms with Crippen LogP contribution >= 0.6 is 11.3 Å². The smallest absolute Gasteiger partial charge is 0.129 e. The van der Waals surface area contributed by atoms with Crippen molar-refractivity contribution >= 4 is 11.3 Å². The summed E-state index contributed by atoms with van der Waals surface area (Å²) in [6.45, 7) is 2.27. The molecule has 0 aliphatic rings. The predicted molar refractivity (Wildman–Crippen MR) is 94.3 cm³/mol. The highest BCUT2D eigenvalue weighted by atomic mass is 32.1. The van der Waals surface area contributed by atoms with Gasteiger partial charge in [-0.2, -0.15) is 0 Å². The highest BCUT2D eigenvalue weighted by Crippen LogP contribution is 2.28. The standard InChI is InChI=1S/C18H33NOS/c1-3-4-5-6-7-8-9-10-11-12-13-17(19)18-14-16(20-2)15-21-18/h14-15,17H,3-13,19H2,1-2H3. The number of unbranched alkanes of at least 4 members (excludes halogenated alkanes) is 9. The van der Waals surface area contributed by atoms with Crippen molar-refractivity contribution in [3.05, 3.63) is 16.3 Å². The van der Waals surface area contributed by atoms with E-state index in [9.17, 15) is 0 Å². The summed E-state index contributed by atoms with van der Waals surface area (Å²) in [4.78, 5) is 1.25. The normalized spacial score (nSPS) is 12.5. The quantitative estimate of drug-likeness (QED) is 0.449. The molecule has 1 rings (SSSR count). The van der Waals surface area contributed by atoms with Crippen molar-refractivity contribution < 1.29 is 4.74 Å². The van der Waals surface area contributed by atoms with Crippen LogP contribution in [0.25, 0.3) is 0 Å². The molecule has 2 nitrogen and oxygen atoms in total. The van der Waals surface area contributed by atoms with Crippen molar-refractivity contribution in [3.63, 3.8) is 0 Å². The van der Waals surface area contributed by atoms with Gasteiger partial charge in [-0.3, -0.25) is 0 Å². The summed E-state index contributed by atoms with van der Waals surface area (Å²) in [7, 11) is 1.71. The molecule has 1 heterocycles. The molecule has 2 N–H and O–H groups in total. The van der Waals surface area contributed by atoms with Crippen molar-refractivity contribution in [2.75, 3.05) is 7.11 Å². The average Bonchev–Trinajstić information content (AvgIpc) is 2.98. The molecule has 3 heteroatoms. The summed E-state index contributed by atoms with van der Waals surface area (Å²) in [5.41, 5.74) is 6.23. The number of rotatable bonds is 13. The molecule has 21 heavy (non-hydrogen) atoms. The number of methoxy groups -OCH3 is 1. The third-order valence-corrected chi connectivity index (χ3v) is 5.11. The Balaban J connectivity index is 1.94. The molecule has 0 aliphatic carbocycles. The molecule has 0 fully saturated rings. The molecule has 0 amide bonds. The van der Waals surface area contributed by atoms with Crippen LogP contribution < -0.4 is 10.5 Å². The van der Waals surface area contributed by atoms with Crippen LogP contribution in [-0.2, 0) is 0 Å². The van der Waals surface area contributed by atoms with Gasteiger partial charge in [-0.25, -0.2) is 0 Å². The van der Waals surface area contributed by atoms with Crippen LogP contribution in [0.15, 0.2) is 11.4 Å². The van der Waals surface area contributed by atoms with E-state index in [2.05, 4.69) is 13.0 Å². The van der Waals surface area contributed by atoms with Gasteiger partial charge >= 0.3 is 0 Å². The van der Waals surface area contributed by atoms with Gasteiger partial charge in [0.2, 0.25) is 0 Å². The zero-order valence-corrected chi connectivity index (χ0v) is 14.7. The fourth-order valence-corrected chi connectivity index (χ4v) is 3.52. The molecule has 0 aliphatic heterocycles. The molecule has 1 unspecified atom stereocenters. The minimum absolute atomic E-state index is 0.188. The Hall–Kier alpha value is -0.540. The molecule has 0 bridgehead atoms. The number of ether oxygens (including phenoxy) is 1. The Kier molecular flexibility index (Phi) is 10.6. The summed E-state index contributed by atoms with van der Waals surface area (Å²) in [5, 5.41) is 2.04. The van der Waals surface area contributed by atoms with Crippen LogP contribution in [0.3, 0.4) is 0 Å². The molecule has 1 atom stereocenters. The number of thiophene rings is 1. The monoisotopic (exact) mass is 311 g/mol. The fraction of sp³-hybridized carbons (Fsp3) is 0.778. The van der Waals surface area contributed by atoms with E-state index in [1.807, 2.05) is 5.38 Å². The molecule has 0 radical (unpaired) electrons. The van der Waals surface area contributed by atoms with E-state index in [0.717, 1.165) is 12.2 Å². The van der Waals surface area contributed by atoms with E-state index in [0.29, 0.717) is 0 Å². The lowest BCUT2D eigenvalue weighted by molar-refractivity contribution is 0.416. The van der Waals surface area contributed by atoms with Crippen LogP contribution in [0, 0.1) is 0 Å². The average molecular weight is 312 g/mol. The number of hydrogen-bond acceptors (Lipinski definition) is 3. The minimum atomic E-state index is 0.188. The zero-order chi connectivity index (χ0) is 15.3. The SMILES string of the molecule is CCCCCCCCCCCCC(N)c1cc(OC)cs1. The number of nitrogens with two attached hydrogens (primary N) is 1. The van der Waals surface area contributed by atoms with Crippen molar-refractivity contribution in [2.24, 2.45) is 5.73 Å². The molecule has 122 valence electrons. The second-order valence-electron chi connectivity index (χ2n) is 5.97. The van der Waals surface area contributed by atoms with Crippen LogP contribution in [0.4, 0.5) is 0 Å². The second-order valence-corrected chi connectivity index (χ2v) is 6.91. The van der Waals surface area contributed by atoms with Gasteiger partial charge in [-0.15, -0.1) is 11.3 Å². The van der Waals surface area contributed by atoms with Gasteiger partial charge in [0.05, 0.1) is 7.11 Å². The van der Waals surface area contributed by atoms with E-state index < -0.39 is 0 Å². The Labute approximate surface area is 135 Å². The highest BCUT2D eigenvalue weighted by molar-refractivity contribution is 7.10.